The van der Waals surface area contributed by atoms with E-state index in [0.717, 1.165) is 22.6 Å². The van der Waals surface area contributed by atoms with Gasteiger partial charge in [0.25, 0.3) is 0 Å². The number of nitrogens with one attached hydrogen (secondary N) is 1. The molecule has 6 heteroatoms. The van der Waals surface area contributed by atoms with Crippen LogP contribution in [0.25, 0.3) is 0 Å². The molecule has 0 radical (unpaired) electrons. The van der Waals surface area contributed by atoms with E-state index in [4.69, 9.17) is 11.6 Å². The molecule has 1 atom stereocenters. The maximum atomic E-state index is 12.5. The van der Waals surface area contributed by atoms with Crippen LogP contribution in [0, 0.1) is 0 Å². The Morgan fingerprint density at radius 1 is 1.14 bits per heavy atom. The van der Waals surface area contributed by atoms with Gasteiger partial charge >= 0.3 is 0 Å². The third-order valence-corrected chi connectivity index (χ3v) is 6.19. The zero-order chi connectivity index (χ0) is 14.9. The molecule has 0 fully saturated rings. The van der Waals surface area contributed by atoms with Crippen LogP contribution < -0.4 is 4.72 Å². The summed E-state index contributed by atoms with van der Waals surface area (Å²) in [5.74, 6) is 0.903. The fraction of sp³-hybridized carbons (Fsp3) is 0.200. The second kappa shape index (κ2) is 6.01. The molecule has 0 aromatic heterocycles. The van der Waals surface area contributed by atoms with E-state index < -0.39 is 10.0 Å². The van der Waals surface area contributed by atoms with Gasteiger partial charge in [0.05, 0.1) is 4.90 Å². The molecule has 110 valence electrons. The number of sulfonamides is 1. The van der Waals surface area contributed by atoms with Gasteiger partial charge in [-0.1, -0.05) is 35.9 Å². The number of rotatable bonds is 3. The molecule has 2 aromatic carbocycles. The summed E-state index contributed by atoms with van der Waals surface area (Å²) in [5, 5.41) is 0.414. The van der Waals surface area contributed by atoms with E-state index in [1.807, 2.05) is 24.3 Å². The predicted molar refractivity (Wildman–Crippen MR) is 86.3 cm³/mol. The average molecular weight is 340 g/mol. The molecule has 0 saturated carbocycles. The number of fused-ring (bicyclic) bond motifs is 1. The zero-order valence-electron chi connectivity index (χ0n) is 11.1. The molecule has 0 amide bonds. The third-order valence-electron chi connectivity index (χ3n) is 3.36. The van der Waals surface area contributed by atoms with Gasteiger partial charge in [-0.25, -0.2) is 13.1 Å². The molecule has 0 bridgehead atoms. The van der Waals surface area contributed by atoms with Crippen molar-refractivity contribution in [3.8, 4) is 0 Å². The Morgan fingerprint density at radius 3 is 2.76 bits per heavy atom. The summed E-state index contributed by atoms with van der Waals surface area (Å²) in [7, 11) is -3.57. The highest BCUT2D eigenvalue weighted by atomic mass is 35.5. The first-order valence-electron chi connectivity index (χ1n) is 6.56. The van der Waals surface area contributed by atoms with Gasteiger partial charge in [0, 0.05) is 16.0 Å². The summed E-state index contributed by atoms with van der Waals surface area (Å²) in [4.78, 5) is 1.34. The quantitative estimate of drug-likeness (QED) is 0.923. The molecule has 3 nitrogen and oxygen atoms in total. The molecular formula is C15H14ClNO2S2. The second-order valence-electron chi connectivity index (χ2n) is 4.81. The molecule has 21 heavy (non-hydrogen) atoms. The Bertz CT molecular complexity index is 762. The molecule has 2 aromatic rings. The van der Waals surface area contributed by atoms with Gasteiger partial charge in [0.2, 0.25) is 10.0 Å². The van der Waals surface area contributed by atoms with Crippen LogP contribution in [-0.4, -0.2) is 14.2 Å². The van der Waals surface area contributed by atoms with Crippen LogP contribution in [0.3, 0.4) is 0 Å². The fourth-order valence-electron chi connectivity index (χ4n) is 2.35. The van der Waals surface area contributed by atoms with Gasteiger partial charge in [-0.3, -0.25) is 0 Å². The lowest BCUT2D eigenvalue weighted by atomic mass is 10.1. The largest absolute Gasteiger partial charge is 0.241 e. The lowest BCUT2D eigenvalue weighted by Gasteiger charge is -2.25. The van der Waals surface area contributed by atoms with Crippen molar-refractivity contribution in [1.82, 2.24) is 4.72 Å². The highest BCUT2D eigenvalue weighted by molar-refractivity contribution is 7.99. The fourth-order valence-corrected chi connectivity index (χ4v) is 5.03. The Balaban J connectivity index is 1.90. The molecule has 3 rings (SSSR count). The molecule has 0 saturated heterocycles. The Hall–Kier alpha value is -1.01. The van der Waals surface area contributed by atoms with Crippen LogP contribution in [0.5, 0.6) is 0 Å². The average Bonchev–Trinajstić information content (AvgIpc) is 2.47. The van der Waals surface area contributed by atoms with Gasteiger partial charge < -0.3 is 0 Å². The first-order chi connectivity index (χ1) is 10.1. The van der Waals surface area contributed by atoms with Crippen LogP contribution in [0.2, 0.25) is 5.02 Å². The standard InChI is InChI=1S/C15H14ClNO2S2/c16-11-4-3-5-12(10-11)21(18,19)17-14-8-9-20-15-7-2-1-6-13(14)15/h1-7,10,14,17H,8-9H2. The predicted octanol–water partition coefficient (Wildman–Crippen LogP) is 3.86. The van der Waals surface area contributed by atoms with Crippen LogP contribution in [0.15, 0.2) is 58.3 Å². The second-order valence-corrected chi connectivity index (χ2v) is 8.09. The lowest BCUT2D eigenvalue weighted by Crippen LogP contribution is -2.30. The van der Waals surface area contributed by atoms with E-state index in [9.17, 15) is 8.42 Å². The summed E-state index contributed by atoms with van der Waals surface area (Å²) in [6.45, 7) is 0. The monoisotopic (exact) mass is 339 g/mol. The van der Waals surface area contributed by atoms with Gasteiger partial charge in [-0.15, -0.1) is 11.8 Å². The zero-order valence-corrected chi connectivity index (χ0v) is 13.5. The van der Waals surface area contributed by atoms with Gasteiger partial charge in [-0.2, -0.15) is 0 Å². The highest BCUT2D eigenvalue weighted by Gasteiger charge is 2.25. The first kappa shape index (κ1) is 14.9. The number of hydrogen-bond donors (Lipinski definition) is 1. The van der Waals surface area contributed by atoms with Crippen molar-refractivity contribution in [3.63, 3.8) is 0 Å². The summed E-state index contributed by atoms with van der Waals surface area (Å²) in [6.07, 6.45) is 0.779. The van der Waals surface area contributed by atoms with Crippen molar-refractivity contribution < 1.29 is 8.42 Å². The number of halogens is 1. The lowest BCUT2D eigenvalue weighted by molar-refractivity contribution is 0.546. The molecule has 1 heterocycles. The number of hydrogen-bond acceptors (Lipinski definition) is 3. The van der Waals surface area contributed by atoms with Gasteiger partial charge in [0.1, 0.15) is 0 Å². The van der Waals surface area contributed by atoms with E-state index in [0.29, 0.717) is 5.02 Å². The Kier molecular flexibility index (Phi) is 4.26. The van der Waals surface area contributed by atoms with Crippen LogP contribution in [-0.2, 0) is 10.0 Å². The normalized spacial score (nSPS) is 18.2. The van der Waals surface area contributed by atoms with Crippen LogP contribution >= 0.6 is 23.4 Å². The van der Waals surface area contributed by atoms with E-state index in [1.54, 1.807) is 30.0 Å². The molecule has 1 aliphatic heterocycles. The minimum absolute atomic E-state index is 0.188. The maximum absolute atomic E-state index is 12.5. The molecule has 1 N–H and O–H groups in total. The third kappa shape index (κ3) is 3.26. The van der Waals surface area contributed by atoms with E-state index in [1.165, 1.54) is 6.07 Å². The van der Waals surface area contributed by atoms with Crippen molar-refractivity contribution in [2.75, 3.05) is 5.75 Å². The topological polar surface area (TPSA) is 46.2 Å². The summed E-state index contributed by atoms with van der Waals surface area (Å²) in [5.41, 5.74) is 1.04. The molecular weight excluding hydrogens is 326 g/mol. The summed E-state index contributed by atoms with van der Waals surface area (Å²) in [6, 6.07) is 14.0. The van der Waals surface area contributed by atoms with Crippen molar-refractivity contribution in [1.29, 1.82) is 0 Å². The number of thioether (sulfide) groups is 1. The first-order valence-corrected chi connectivity index (χ1v) is 9.40. The van der Waals surface area contributed by atoms with Crippen molar-refractivity contribution in [3.05, 3.63) is 59.1 Å². The summed E-state index contributed by atoms with van der Waals surface area (Å²) < 4.78 is 27.8. The van der Waals surface area contributed by atoms with Crippen LogP contribution in [0.4, 0.5) is 0 Å². The van der Waals surface area contributed by atoms with Crippen molar-refractivity contribution in [2.24, 2.45) is 0 Å². The van der Waals surface area contributed by atoms with Crippen LogP contribution in [0.1, 0.15) is 18.0 Å². The Morgan fingerprint density at radius 2 is 1.95 bits per heavy atom. The molecule has 1 aliphatic rings. The minimum Gasteiger partial charge on any atom is -0.207 e. The van der Waals surface area contributed by atoms with Gasteiger partial charge in [0.15, 0.2) is 0 Å². The summed E-state index contributed by atoms with van der Waals surface area (Å²) >= 11 is 7.64. The smallest absolute Gasteiger partial charge is 0.207 e. The van der Waals surface area contributed by atoms with Gasteiger partial charge in [-0.05, 0) is 42.0 Å². The van der Waals surface area contributed by atoms with E-state index in [2.05, 4.69) is 4.72 Å². The molecule has 0 aliphatic carbocycles. The van der Waals surface area contributed by atoms with Crippen molar-refractivity contribution in [2.45, 2.75) is 22.3 Å². The van der Waals surface area contributed by atoms with Crippen molar-refractivity contribution >= 4 is 33.4 Å². The minimum atomic E-state index is -3.57. The van der Waals surface area contributed by atoms with E-state index >= 15 is 0 Å². The number of benzene rings is 2. The molecule has 1 unspecified atom stereocenters. The maximum Gasteiger partial charge on any atom is 0.241 e. The molecule has 0 spiro atoms. The SMILES string of the molecule is O=S(=O)(NC1CCSc2ccccc21)c1cccc(Cl)c1. The Labute approximate surface area is 133 Å². The highest BCUT2D eigenvalue weighted by Crippen LogP contribution is 2.36. The van der Waals surface area contributed by atoms with E-state index in [-0.39, 0.29) is 10.9 Å².